The maximum atomic E-state index is 13.5. The van der Waals surface area contributed by atoms with Crippen LogP contribution in [0, 0.1) is 12.7 Å². The van der Waals surface area contributed by atoms with E-state index in [4.69, 9.17) is 0 Å². The summed E-state index contributed by atoms with van der Waals surface area (Å²) in [5, 5.41) is 6.13. The fraction of sp³-hybridized carbons (Fsp3) is 0.240. The van der Waals surface area contributed by atoms with Gasteiger partial charge < -0.3 is 9.47 Å². The smallest absolute Gasteiger partial charge is 0.262 e. The van der Waals surface area contributed by atoms with E-state index >= 15 is 0 Å². The number of rotatable bonds is 5. The van der Waals surface area contributed by atoms with Gasteiger partial charge in [0.25, 0.3) is 11.8 Å². The third kappa shape index (κ3) is 4.32. The molecule has 7 heteroatoms. The Hall–Kier alpha value is -3.74. The molecule has 164 valence electrons. The van der Waals surface area contributed by atoms with E-state index in [2.05, 4.69) is 5.10 Å². The number of nitrogens with zero attached hydrogens (tertiary/aromatic N) is 4. The van der Waals surface area contributed by atoms with E-state index in [1.54, 1.807) is 0 Å². The zero-order valence-corrected chi connectivity index (χ0v) is 18.3. The largest absolute Gasteiger partial charge is 0.350 e. The van der Waals surface area contributed by atoms with E-state index < -0.39 is 11.7 Å². The van der Waals surface area contributed by atoms with Crippen molar-refractivity contribution in [2.45, 2.75) is 19.4 Å². The molecule has 0 bridgehead atoms. The molecule has 2 heterocycles. The van der Waals surface area contributed by atoms with Crippen LogP contribution in [0.4, 0.5) is 4.39 Å². The summed E-state index contributed by atoms with van der Waals surface area (Å²) >= 11 is 0. The van der Waals surface area contributed by atoms with Crippen molar-refractivity contribution in [2.75, 3.05) is 13.6 Å². The molecule has 0 fully saturated rings. The van der Waals surface area contributed by atoms with Crippen LogP contribution in [-0.4, -0.2) is 45.6 Å². The Kier molecular flexibility index (Phi) is 5.90. The number of halogens is 1. The lowest BCUT2D eigenvalue weighted by atomic mass is 9.99. The fourth-order valence-electron chi connectivity index (χ4n) is 3.89. The zero-order chi connectivity index (χ0) is 22.8. The summed E-state index contributed by atoms with van der Waals surface area (Å²) in [5.41, 5.74) is 4.08. The van der Waals surface area contributed by atoms with E-state index in [9.17, 15) is 14.0 Å². The number of carbonyl (C=O) groups is 2. The number of hydrazone groups is 1. The highest BCUT2D eigenvalue weighted by atomic mass is 19.1. The maximum Gasteiger partial charge on any atom is 0.262 e. The Morgan fingerprint density at radius 2 is 1.88 bits per heavy atom. The van der Waals surface area contributed by atoms with Gasteiger partial charge in [0, 0.05) is 32.3 Å². The number of amides is 2. The molecule has 2 amide bonds. The summed E-state index contributed by atoms with van der Waals surface area (Å²) in [5.74, 6) is -1.21. The summed E-state index contributed by atoms with van der Waals surface area (Å²) in [6.07, 6.45) is 2.52. The van der Waals surface area contributed by atoms with Crippen LogP contribution in [0.2, 0.25) is 0 Å². The average Bonchev–Trinajstić information content (AvgIpc) is 3.40. The van der Waals surface area contributed by atoms with Gasteiger partial charge in [-0.15, -0.1) is 0 Å². The molecule has 6 nitrogen and oxygen atoms in total. The van der Waals surface area contributed by atoms with Crippen molar-refractivity contribution < 1.29 is 14.0 Å². The Morgan fingerprint density at radius 3 is 2.53 bits per heavy atom. The number of aryl methyl sites for hydroxylation is 2. The molecule has 0 unspecified atom stereocenters. The van der Waals surface area contributed by atoms with Crippen LogP contribution in [0.5, 0.6) is 0 Å². The maximum absolute atomic E-state index is 13.5. The summed E-state index contributed by atoms with van der Waals surface area (Å²) < 4.78 is 15.5. The summed E-state index contributed by atoms with van der Waals surface area (Å²) in [4.78, 5) is 27.2. The second-order valence-corrected chi connectivity index (χ2v) is 8.09. The van der Waals surface area contributed by atoms with E-state index in [1.165, 1.54) is 41.2 Å². The van der Waals surface area contributed by atoms with Crippen LogP contribution in [0.1, 0.15) is 39.6 Å². The van der Waals surface area contributed by atoms with E-state index in [0.717, 1.165) is 22.5 Å². The van der Waals surface area contributed by atoms with Gasteiger partial charge in [0.1, 0.15) is 12.4 Å². The molecular weight excluding hydrogens is 407 g/mol. The number of likely N-dealkylation sites (N-methyl/N-ethyl adjacent to an activating group) is 1. The zero-order valence-electron chi connectivity index (χ0n) is 18.3. The highest BCUT2D eigenvalue weighted by molar-refractivity contribution is 6.02. The van der Waals surface area contributed by atoms with Gasteiger partial charge >= 0.3 is 0 Å². The minimum absolute atomic E-state index is 0.165. The molecule has 1 aliphatic heterocycles. The topological polar surface area (TPSA) is 57.9 Å². The summed E-state index contributed by atoms with van der Waals surface area (Å²) in [7, 11) is 3.47. The highest BCUT2D eigenvalue weighted by Gasteiger charge is 2.34. The van der Waals surface area contributed by atoms with Crippen molar-refractivity contribution in [3.8, 4) is 0 Å². The number of hydrogen-bond donors (Lipinski definition) is 0. The Morgan fingerprint density at radius 1 is 1.12 bits per heavy atom. The molecule has 3 aromatic rings. The molecule has 4 rings (SSSR count). The molecule has 0 aliphatic carbocycles. The lowest BCUT2D eigenvalue weighted by Crippen LogP contribution is -2.39. The van der Waals surface area contributed by atoms with Crippen LogP contribution in [-0.2, 0) is 11.8 Å². The molecule has 0 N–H and O–H groups in total. The molecule has 2 aromatic carbocycles. The Labute approximate surface area is 186 Å². The van der Waals surface area contributed by atoms with E-state index in [0.29, 0.717) is 6.42 Å². The lowest BCUT2D eigenvalue weighted by Gasteiger charge is -2.25. The van der Waals surface area contributed by atoms with Crippen molar-refractivity contribution in [3.05, 3.63) is 95.1 Å². The van der Waals surface area contributed by atoms with Crippen LogP contribution < -0.4 is 0 Å². The fourth-order valence-corrected chi connectivity index (χ4v) is 3.89. The third-order valence-corrected chi connectivity index (χ3v) is 5.66. The second-order valence-electron chi connectivity index (χ2n) is 8.09. The van der Waals surface area contributed by atoms with Gasteiger partial charge in [0.2, 0.25) is 0 Å². The predicted molar refractivity (Wildman–Crippen MR) is 121 cm³/mol. The standard InChI is InChI=1S/C25H25FN4O2/c1-17-9-11-18(12-10-17)23-15-21(22-8-5-13-28(22)2)27-30(23)24(31)16-29(3)25(32)19-6-4-7-20(26)14-19/h4-14,23H,15-16H2,1-3H3/t23-/m1/s1. The molecule has 1 atom stereocenters. The first-order chi connectivity index (χ1) is 15.3. The number of hydrogen-bond acceptors (Lipinski definition) is 3. The molecule has 0 spiro atoms. The lowest BCUT2D eigenvalue weighted by molar-refractivity contribution is -0.133. The van der Waals surface area contributed by atoms with Crippen molar-refractivity contribution in [1.82, 2.24) is 14.5 Å². The molecule has 1 aromatic heterocycles. The number of aromatic nitrogens is 1. The molecule has 32 heavy (non-hydrogen) atoms. The molecule has 0 saturated heterocycles. The molecule has 0 radical (unpaired) electrons. The number of carbonyl (C=O) groups excluding carboxylic acids is 2. The first kappa shape index (κ1) is 21.5. The molecule has 1 aliphatic rings. The number of benzene rings is 2. The minimum Gasteiger partial charge on any atom is -0.350 e. The van der Waals surface area contributed by atoms with Crippen LogP contribution in [0.15, 0.2) is 72.0 Å². The summed E-state index contributed by atoms with van der Waals surface area (Å²) in [6.45, 7) is 1.85. The Bertz CT molecular complexity index is 1180. The minimum atomic E-state index is -0.494. The van der Waals surface area contributed by atoms with Gasteiger partial charge in [0.15, 0.2) is 0 Å². The normalized spacial score (nSPS) is 15.6. The quantitative estimate of drug-likeness (QED) is 0.614. The van der Waals surface area contributed by atoms with Crippen molar-refractivity contribution in [1.29, 1.82) is 0 Å². The first-order valence-electron chi connectivity index (χ1n) is 10.4. The SMILES string of the molecule is Cc1ccc([C@H]2CC(c3cccn3C)=NN2C(=O)CN(C)C(=O)c2cccc(F)c2)cc1. The van der Waals surface area contributed by atoms with E-state index in [1.807, 2.05) is 61.1 Å². The van der Waals surface area contributed by atoms with Crippen molar-refractivity contribution >= 4 is 17.5 Å². The second kappa shape index (κ2) is 8.78. The molecular formula is C25H25FN4O2. The van der Waals surface area contributed by atoms with Gasteiger partial charge in [0.05, 0.1) is 17.4 Å². The molecule has 0 saturated carbocycles. The average molecular weight is 432 g/mol. The van der Waals surface area contributed by atoms with Crippen LogP contribution in [0.3, 0.4) is 0 Å². The Balaban J connectivity index is 1.58. The van der Waals surface area contributed by atoms with Crippen LogP contribution in [0.25, 0.3) is 0 Å². The predicted octanol–water partition coefficient (Wildman–Crippen LogP) is 3.92. The first-order valence-corrected chi connectivity index (χ1v) is 10.4. The van der Waals surface area contributed by atoms with Gasteiger partial charge in [-0.1, -0.05) is 35.9 Å². The third-order valence-electron chi connectivity index (χ3n) is 5.66. The highest BCUT2D eigenvalue weighted by Crippen LogP contribution is 2.33. The van der Waals surface area contributed by atoms with E-state index in [-0.39, 0.29) is 24.1 Å². The van der Waals surface area contributed by atoms with Crippen LogP contribution >= 0.6 is 0 Å². The van der Waals surface area contributed by atoms with Crippen molar-refractivity contribution in [3.63, 3.8) is 0 Å². The van der Waals surface area contributed by atoms with Gasteiger partial charge in [-0.2, -0.15) is 5.10 Å². The summed E-state index contributed by atoms with van der Waals surface area (Å²) in [6, 6.07) is 17.1. The monoisotopic (exact) mass is 432 g/mol. The van der Waals surface area contributed by atoms with Gasteiger partial charge in [-0.05, 0) is 42.8 Å². The van der Waals surface area contributed by atoms with Crippen molar-refractivity contribution in [2.24, 2.45) is 12.1 Å². The van der Waals surface area contributed by atoms with Gasteiger partial charge in [-0.3, -0.25) is 9.59 Å². The van der Waals surface area contributed by atoms with Gasteiger partial charge in [-0.25, -0.2) is 9.40 Å².